The molecule has 0 aromatic rings. The first-order valence-electron chi connectivity index (χ1n) is 2.95. The molecule has 0 amide bonds. The van der Waals surface area contributed by atoms with Crippen molar-refractivity contribution in [1.82, 2.24) is 0 Å². The van der Waals surface area contributed by atoms with Crippen molar-refractivity contribution in [3.63, 3.8) is 0 Å². The van der Waals surface area contributed by atoms with Gasteiger partial charge in [-0.15, -0.1) is 0 Å². The van der Waals surface area contributed by atoms with Crippen molar-refractivity contribution in [1.29, 1.82) is 0 Å². The zero-order valence-electron chi connectivity index (χ0n) is 5.24. The summed E-state index contributed by atoms with van der Waals surface area (Å²) in [7, 11) is 0. The second kappa shape index (κ2) is 2.56. The minimum atomic E-state index is -0.711. The van der Waals surface area contributed by atoms with Crippen LogP contribution in [0.5, 0.6) is 0 Å². The molecule has 1 rings (SSSR count). The van der Waals surface area contributed by atoms with E-state index in [1.807, 2.05) is 0 Å². The van der Waals surface area contributed by atoms with Crippen LogP contribution in [0.2, 0.25) is 0 Å². The van der Waals surface area contributed by atoms with E-state index in [-0.39, 0.29) is 18.0 Å². The molecule has 0 N–H and O–H groups in total. The standard InChI is InChI=1S/C7H6O3/c8-4-3-5-6(9)1-2-7(5)10/h1-2,4-5H,3H2. The predicted octanol–water partition coefficient (Wildman–Crippen LogP) is -0.100. The Hall–Kier alpha value is -1.25. The average Bonchev–Trinajstić information content (AvgIpc) is 2.20. The van der Waals surface area contributed by atoms with Crippen molar-refractivity contribution >= 4 is 17.9 Å². The van der Waals surface area contributed by atoms with Crippen LogP contribution in [0, 0.1) is 5.92 Å². The van der Waals surface area contributed by atoms with Gasteiger partial charge in [-0.25, -0.2) is 0 Å². The molecule has 3 nitrogen and oxygen atoms in total. The lowest BCUT2D eigenvalue weighted by molar-refractivity contribution is -0.128. The molecule has 0 aromatic heterocycles. The second-order valence-electron chi connectivity index (χ2n) is 2.09. The molecule has 10 heavy (non-hydrogen) atoms. The fraction of sp³-hybridized carbons (Fsp3) is 0.286. The summed E-state index contributed by atoms with van der Waals surface area (Å²) in [5.41, 5.74) is 0. The molecule has 0 aromatic carbocycles. The van der Waals surface area contributed by atoms with Crippen LogP contribution in [-0.2, 0) is 14.4 Å². The number of carbonyl (C=O) groups is 3. The van der Waals surface area contributed by atoms with E-state index < -0.39 is 5.92 Å². The van der Waals surface area contributed by atoms with Crippen LogP contribution in [0.15, 0.2) is 12.2 Å². The molecule has 0 aliphatic heterocycles. The Morgan fingerprint density at radius 1 is 1.30 bits per heavy atom. The maximum Gasteiger partial charge on any atom is 0.167 e. The molecule has 0 bridgehead atoms. The highest BCUT2D eigenvalue weighted by atomic mass is 16.2. The molecule has 52 valence electrons. The number of rotatable bonds is 2. The number of hydrogen-bond acceptors (Lipinski definition) is 3. The van der Waals surface area contributed by atoms with Gasteiger partial charge in [-0.1, -0.05) is 0 Å². The van der Waals surface area contributed by atoms with E-state index in [0.29, 0.717) is 6.29 Å². The average molecular weight is 138 g/mol. The third kappa shape index (κ3) is 1.03. The Morgan fingerprint density at radius 2 is 1.80 bits per heavy atom. The van der Waals surface area contributed by atoms with Gasteiger partial charge in [-0.05, 0) is 12.2 Å². The molecule has 3 heteroatoms. The van der Waals surface area contributed by atoms with Gasteiger partial charge < -0.3 is 4.79 Å². The van der Waals surface area contributed by atoms with Crippen LogP contribution in [0.4, 0.5) is 0 Å². The first-order chi connectivity index (χ1) is 4.75. The minimum Gasteiger partial charge on any atom is -0.303 e. The fourth-order valence-electron chi connectivity index (χ4n) is 0.865. The molecule has 0 saturated carbocycles. The number of aldehydes is 1. The predicted molar refractivity (Wildman–Crippen MR) is 33.3 cm³/mol. The first-order valence-corrected chi connectivity index (χ1v) is 2.95. The van der Waals surface area contributed by atoms with Crippen LogP contribution in [-0.4, -0.2) is 17.9 Å². The summed E-state index contributed by atoms with van der Waals surface area (Å²) in [6.45, 7) is 0. The highest BCUT2D eigenvalue weighted by Crippen LogP contribution is 2.12. The molecular weight excluding hydrogens is 132 g/mol. The van der Waals surface area contributed by atoms with Gasteiger partial charge in [0, 0.05) is 6.42 Å². The fourth-order valence-corrected chi connectivity index (χ4v) is 0.865. The molecular formula is C7H6O3. The van der Waals surface area contributed by atoms with Gasteiger partial charge in [-0.2, -0.15) is 0 Å². The van der Waals surface area contributed by atoms with Crippen molar-refractivity contribution in [2.24, 2.45) is 5.92 Å². The Balaban J connectivity index is 2.69. The molecule has 1 aliphatic carbocycles. The van der Waals surface area contributed by atoms with Crippen molar-refractivity contribution < 1.29 is 14.4 Å². The van der Waals surface area contributed by atoms with Crippen molar-refractivity contribution in [3.05, 3.63) is 12.2 Å². The Bertz CT molecular complexity index is 197. The summed E-state index contributed by atoms with van der Waals surface area (Å²) in [6, 6.07) is 0. The summed E-state index contributed by atoms with van der Waals surface area (Å²) >= 11 is 0. The van der Waals surface area contributed by atoms with Crippen LogP contribution in [0.3, 0.4) is 0 Å². The van der Waals surface area contributed by atoms with Crippen molar-refractivity contribution in [2.45, 2.75) is 6.42 Å². The lowest BCUT2D eigenvalue weighted by Crippen LogP contribution is -2.15. The second-order valence-corrected chi connectivity index (χ2v) is 2.09. The minimum absolute atomic E-state index is 0.0185. The van der Waals surface area contributed by atoms with E-state index in [1.165, 1.54) is 12.2 Å². The monoisotopic (exact) mass is 138 g/mol. The Kier molecular flexibility index (Phi) is 1.76. The lowest BCUT2D eigenvalue weighted by Gasteiger charge is -1.97. The summed E-state index contributed by atoms with van der Waals surface area (Å²) in [4.78, 5) is 31.3. The summed E-state index contributed by atoms with van der Waals surface area (Å²) in [5.74, 6) is -1.22. The zero-order chi connectivity index (χ0) is 7.56. The van der Waals surface area contributed by atoms with E-state index in [9.17, 15) is 14.4 Å². The van der Waals surface area contributed by atoms with Gasteiger partial charge in [0.2, 0.25) is 0 Å². The van der Waals surface area contributed by atoms with Crippen LogP contribution in [0.1, 0.15) is 6.42 Å². The van der Waals surface area contributed by atoms with E-state index in [1.54, 1.807) is 0 Å². The SMILES string of the molecule is O=CCC1C(=O)C=CC1=O. The molecule has 0 atom stereocenters. The molecule has 0 spiro atoms. The third-order valence-corrected chi connectivity index (χ3v) is 1.43. The molecule has 0 saturated heterocycles. The Labute approximate surface area is 57.7 Å². The Morgan fingerprint density at radius 3 is 2.20 bits per heavy atom. The number of allylic oxidation sites excluding steroid dienone is 2. The highest BCUT2D eigenvalue weighted by Gasteiger charge is 2.26. The third-order valence-electron chi connectivity index (χ3n) is 1.43. The van der Waals surface area contributed by atoms with Crippen LogP contribution >= 0.6 is 0 Å². The lowest BCUT2D eigenvalue weighted by atomic mass is 10.0. The van der Waals surface area contributed by atoms with Crippen molar-refractivity contribution in [2.75, 3.05) is 0 Å². The molecule has 0 heterocycles. The zero-order valence-corrected chi connectivity index (χ0v) is 5.24. The van der Waals surface area contributed by atoms with Gasteiger partial charge in [-0.3, -0.25) is 9.59 Å². The van der Waals surface area contributed by atoms with Gasteiger partial charge in [0.15, 0.2) is 11.6 Å². The van der Waals surface area contributed by atoms with Gasteiger partial charge in [0.05, 0.1) is 5.92 Å². The molecule has 0 fully saturated rings. The highest BCUT2D eigenvalue weighted by molar-refractivity contribution is 6.19. The van der Waals surface area contributed by atoms with Gasteiger partial charge >= 0.3 is 0 Å². The maximum atomic E-state index is 10.7. The van der Waals surface area contributed by atoms with Crippen molar-refractivity contribution in [3.8, 4) is 0 Å². The van der Waals surface area contributed by atoms with E-state index >= 15 is 0 Å². The molecule has 0 unspecified atom stereocenters. The number of hydrogen-bond donors (Lipinski definition) is 0. The van der Waals surface area contributed by atoms with Crippen LogP contribution < -0.4 is 0 Å². The van der Waals surface area contributed by atoms with E-state index in [2.05, 4.69) is 0 Å². The first kappa shape index (κ1) is 6.86. The normalized spacial score (nSPS) is 18.4. The topological polar surface area (TPSA) is 51.2 Å². The smallest absolute Gasteiger partial charge is 0.167 e. The van der Waals surface area contributed by atoms with E-state index in [0.717, 1.165) is 0 Å². The summed E-state index contributed by atoms with van der Waals surface area (Å²) < 4.78 is 0. The van der Waals surface area contributed by atoms with E-state index in [4.69, 9.17) is 0 Å². The van der Waals surface area contributed by atoms with Gasteiger partial charge in [0.1, 0.15) is 6.29 Å². The van der Waals surface area contributed by atoms with Gasteiger partial charge in [0.25, 0.3) is 0 Å². The largest absolute Gasteiger partial charge is 0.303 e. The number of carbonyl (C=O) groups excluding carboxylic acids is 3. The summed E-state index contributed by atoms with van der Waals surface area (Å²) in [6.07, 6.45) is 3.05. The quantitative estimate of drug-likeness (QED) is 0.395. The maximum absolute atomic E-state index is 10.7. The molecule has 0 radical (unpaired) electrons. The molecule has 1 aliphatic rings. The van der Waals surface area contributed by atoms with Crippen LogP contribution in [0.25, 0.3) is 0 Å². The summed E-state index contributed by atoms with van der Waals surface area (Å²) in [5, 5.41) is 0. The number of ketones is 2.